The number of nitriles is 1. The first-order valence-electron chi connectivity index (χ1n) is 23.6. The van der Waals surface area contributed by atoms with E-state index >= 15 is 4.39 Å². The molecule has 5 aromatic rings. The van der Waals surface area contributed by atoms with Crippen LogP contribution >= 0.6 is 23.6 Å². The van der Waals surface area contributed by atoms with Gasteiger partial charge >= 0.3 is 6.18 Å². The van der Waals surface area contributed by atoms with Gasteiger partial charge in [0.05, 0.1) is 56.5 Å². The molecule has 3 N–H and O–H groups in total. The summed E-state index contributed by atoms with van der Waals surface area (Å²) in [5, 5.41) is 18.2. The number of aldehydes is 1. The second kappa shape index (κ2) is 23.8. The molecule has 386 valence electrons. The third-order valence-electron chi connectivity index (χ3n) is 12.4. The van der Waals surface area contributed by atoms with Gasteiger partial charge in [0.15, 0.2) is 10.9 Å². The summed E-state index contributed by atoms with van der Waals surface area (Å²) in [5.74, 6) is -2.63. The van der Waals surface area contributed by atoms with Crippen molar-refractivity contribution >= 4 is 69.7 Å². The number of benzene rings is 3. The molecule has 3 aromatic carbocycles. The highest BCUT2D eigenvalue weighted by molar-refractivity contribution is 7.80. The van der Waals surface area contributed by atoms with E-state index in [2.05, 4.69) is 25.9 Å². The van der Waals surface area contributed by atoms with Crippen LogP contribution in [0, 0.1) is 29.5 Å². The number of amides is 3. The molecule has 0 aliphatic carbocycles. The summed E-state index contributed by atoms with van der Waals surface area (Å²) < 4.78 is 62.4. The summed E-state index contributed by atoms with van der Waals surface area (Å²) in [5.41, 5.74) is 2.20. The highest BCUT2D eigenvalue weighted by Crippen LogP contribution is 2.39. The van der Waals surface area contributed by atoms with Gasteiger partial charge in [0.2, 0.25) is 17.7 Å². The zero-order valence-corrected chi connectivity index (χ0v) is 43.4. The van der Waals surface area contributed by atoms with E-state index in [9.17, 15) is 37.6 Å². The van der Waals surface area contributed by atoms with Crippen LogP contribution < -0.4 is 25.8 Å². The lowest BCUT2D eigenvalue weighted by Gasteiger charge is -2.39. The maximum Gasteiger partial charge on any atom is 0.420 e. The number of pyridine rings is 1. The molecule has 6 rings (SSSR count). The normalized spacial score (nSPS) is 14.2. The molecule has 73 heavy (non-hydrogen) atoms. The third kappa shape index (κ3) is 13.6. The molecule has 1 aliphatic rings. The molecule has 0 spiro atoms. The molecular weight excluding hydrogens is 983 g/mol. The van der Waals surface area contributed by atoms with E-state index in [0.717, 1.165) is 56.4 Å². The van der Waals surface area contributed by atoms with Crippen LogP contribution in [0.1, 0.15) is 82.7 Å². The van der Waals surface area contributed by atoms with E-state index in [1.54, 1.807) is 42.2 Å². The number of aromatic nitrogens is 2. The summed E-state index contributed by atoms with van der Waals surface area (Å²) in [7, 11) is 1.27. The van der Waals surface area contributed by atoms with E-state index in [0.29, 0.717) is 63.2 Å². The number of ether oxygens (including phenoxy) is 1. The van der Waals surface area contributed by atoms with Gasteiger partial charge in [0, 0.05) is 44.5 Å². The molecular formula is C53H59F4N9O5S2. The van der Waals surface area contributed by atoms with E-state index in [1.807, 2.05) is 81.7 Å². The Morgan fingerprint density at radius 1 is 0.986 bits per heavy atom. The number of thiocarbonyl (C=S) groups is 1. The lowest BCUT2D eigenvalue weighted by Crippen LogP contribution is -2.58. The number of hydrogen-bond acceptors (Lipinski definition) is 11. The van der Waals surface area contributed by atoms with Crippen molar-refractivity contribution in [2.75, 3.05) is 48.5 Å². The molecule has 14 nitrogen and oxygen atoms in total. The molecule has 0 saturated carbocycles. The average molecular weight is 1040 g/mol. The number of anilines is 3. The number of rotatable bonds is 19. The Hall–Kier alpha value is -6.82. The number of aryl methyl sites for hydroxylation is 1. The van der Waals surface area contributed by atoms with Gasteiger partial charge in [0.1, 0.15) is 30.5 Å². The van der Waals surface area contributed by atoms with Crippen molar-refractivity contribution in [3.8, 4) is 27.8 Å². The van der Waals surface area contributed by atoms with Gasteiger partial charge in [-0.15, -0.1) is 11.3 Å². The molecule has 2 aromatic heterocycles. The van der Waals surface area contributed by atoms with Crippen LogP contribution in [0.15, 0.2) is 84.5 Å². The first kappa shape index (κ1) is 55.5. The highest BCUT2D eigenvalue weighted by atomic mass is 32.1. The number of hydrogen-bond donors (Lipinski definition) is 3. The van der Waals surface area contributed by atoms with Gasteiger partial charge < -0.3 is 40.2 Å². The van der Waals surface area contributed by atoms with Gasteiger partial charge in [-0.1, -0.05) is 57.2 Å². The lowest BCUT2D eigenvalue weighted by atomic mass is 9.85. The Labute approximate surface area is 432 Å². The Kier molecular flexibility index (Phi) is 18.1. The Bertz CT molecular complexity index is 2810. The molecule has 1 fully saturated rings. The van der Waals surface area contributed by atoms with Crippen LogP contribution in [0.2, 0.25) is 0 Å². The van der Waals surface area contributed by atoms with E-state index in [4.69, 9.17) is 17.0 Å². The van der Waals surface area contributed by atoms with Crippen LogP contribution in [0.25, 0.3) is 21.7 Å². The Morgan fingerprint density at radius 3 is 2.29 bits per heavy atom. The molecule has 3 amide bonds. The highest BCUT2D eigenvalue weighted by Gasteiger charge is 2.43. The van der Waals surface area contributed by atoms with Crippen molar-refractivity contribution in [1.29, 1.82) is 5.26 Å². The number of halogens is 4. The topological polar surface area (TPSA) is 173 Å². The average Bonchev–Trinajstić information content (AvgIpc) is 4.03. The van der Waals surface area contributed by atoms with Crippen LogP contribution in [-0.2, 0) is 36.6 Å². The maximum absolute atomic E-state index is 15.4. The fraction of sp³-hybridized carbons (Fsp3) is 0.396. The molecule has 2 unspecified atom stereocenters. The SMILES string of the molecule is Cc1ncsc1-c1ccc(CNC(=O)C2CCCN2C(=O)C(NC(=O)COCCCCNc2ccc(-c3ccc(N(C(=S)N(C)c4ccc(C#N)c(C(F)(F)F)c4F)C(C)(C)C=O)cn3)cc2)C(C)(C)C)cc1. The number of unbranched alkanes of at least 4 members (excludes halogenated alkanes) is 1. The van der Waals surface area contributed by atoms with E-state index in [1.165, 1.54) is 24.2 Å². The summed E-state index contributed by atoms with van der Waals surface area (Å²) in [6, 6.07) is 20.6. The third-order valence-corrected chi connectivity index (χ3v) is 13.8. The van der Waals surface area contributed by atoms with Crippen molar-refractivity contribution in [1.82, 2.24) is 25.5 Å². The summed E-state index contributed by atoms with van der Waals surface area (Å²) in [4.78, 5) is 66.7. The zero-order chi connectivity index (χ0) is 53.3. The minimum Gasteiger partial charge on any atom is -0.385 e. The van der Waals surface area contributed by atoms with E-state index in [-0.39, 0.29) is 23.5 Å². The number of nitrogens with zero attached hydrogens (tertiary/aromatic N) is 6. The fourth-order valence-corrected chi connectivity index (χ4v) is 9.60. The summed E-state index contributed by atoms with van der Waals surface area (Å²) in [6.45, 7) is 12.1. The minimum atomic E-state index is -5.14. The van der Waals surface area contributed by atoms with Crippen molar-refractivity contribution in [2.24, 2.45) is 5.41 Å². The monoisotopic (exact) mass is 1040 g/mol. The molecule has 1 aliphatic heterocycles. The number of carbonyl (C=O) groups is 4. The molecule has 0 radical (unpaired) electrons. The Balaban J connectivity index is 0.943. The van der Waals surface area contributed by atoms with Crippen LogP contribution in [0.3, 0.4) is 0 Å². The fourth-order valence-electron chi connectivity index (χ4n) is 8.34. The van der Waals surface area contributed by atoms with Gasteiger partial charge in [-0.2, -0.15) is 18.4 Å². The number of alkyl halides is 3. The predicted molar refractivity (Wildman–Crippen MR) is 278 cm³/mol. The van der Waals surface area contributed by atoms with Crippen molar-refractivity contribution in [2.45, 2.75) is 97.6 Å². The van der Waals surface area contributed by atoms with Crippen LogP contribution in [0.5, 0.6) is 0 Å². The van der Waals surface area contributed by atoms with Crippen LogP contribution in [0.4, 0.5) is 34.6 Å². The second-order valence-electron chi connectivity index (χ2n) is 19.3. The van der Waals surface area contributed by atoms with Gasteiger partial charge in [0.25, 0.3) is 0 Å². The lowest BCUT2D eigenvalue weighted by molar-refractivity contribution is -0.144. The number of carbonyl (C=O) groups excluding carboxylic acids is 4. The quantitative estimate of drug-likeness (QED) is 0.0310. The first-order valence-corrected chi connectivity index (χ1v) is 24.9. The van der Waals surface area contributed by atoms with Crippen molar-refractivity contribution in [3.05, 3.63) is 113 Å². The van der Waals surface area contributed by atoms with Gasteiger partial charge in [-0.25, -0.2) is 9.37 Å². The Morgan fingerprint density at radius 2 is 1.68 bits per heavy atom. The zero-order valence-electron chi connectivity index (χ0n) is 41.7. The first-order chi connectivity index (χ1) is 34.5. The number of nitrogens with one attached hydrogen (secondary N) is 3. The van der Waals surface area contributed by atoms with Crippen molar-refractivity contribution in [3.63, 3.8) is 0 Å². The number of thiazole rings is 1. The standard InChI is InChI=1S/C53H59F4N9O5S2/c1-33-46(73-32-62-33)36-14-12-34(13-15-36)28-61-48(69)42-11-10-25-65(42)49(70)47(51(2,3)4)63-43(68)30-71-26-9-8-24-59-38-19-16-35(17-20-38)40-22-21-39(29-60-40)66(52(5,6)31-67)50(72)64(7)41-23-18-37(27-58)44(45(41)54)53(55,56)57/h12-23,29,31-32,42,47,59H,8-11,24-26,28,30H2,1-7H3,(H,61,69)(H,63,68). The largest absolute Gasteiger partial charge is 0.420 e. The van der Waals surface area contributed by atoms with Crippen LogP contribution in [-0.4, -0.2) is 95.0 Å². The van der Waals surface area contributed by atoms with Crippen molar-refractivity contribution < 1.29 is 41.5 Å². The number of likely N-dealkylation sites (tertiary alicyclic amines) is 1. The molecule has 2 atom stereocenters. The summed E-state index contributed by atoms with van der Waals surface area (Å²) in [6.07, 6.45) is -0.488. The summed E-state index contributed by atoms with van der Waals surface area (Å²) >= 11 is 7.21. The molecule has 3 heterocycles. The smallest absolute Gasteiger partial charge is 0.385 e. The minimum absolute atomic E-state index is 0.193. The second-order valence-corrected chi connectivity index (χ2v) is 20.5. The molecule has 0 bridgehead atoms. The van der Waals surface area contributed by atoms with E-state index < -0.39 is 57.8 Å². The van der Waals surface area contributed by atoms with Gasteiger partial charge in [-0.05, 0) is 112 Å². The molecule has 1 saturated heterocycles. The van der Waals surface area contributed by atoms with Gasteiger partial charge in [-0.3, -0.25) is 19.4 Å². The molecule has 20 heteroatoms. The maximum atomic E-state index is 15.4. The predicted octanol–water partition coefficient (Wildman–Crippen LogP) is 9.46.